The lowest BCUT2D eigenvalue weighted by atomic mass is 10.1. The van der Waals surface area contributed by atoms with Gasteiger partial charge >= 0.3 is 6.18 Å². The molecule has 0 amide bonds. The zero-order valence-electron chi connectivity index (χ0n) is 15.6. The first-order valence-electron chi connectivity index (χ1n) is 9.10. The molecule has 0 fully saturated rings. The van der Waals surface area contributed by atoms with E-state index in [0.29, 0.717) is 27.6 Å². The van der Waals surface area contributed by atoms with Crippen LogP contribution in [0.1, 0.15) is 11.1 Å². The summed E-state index contributed by atoms with van der Waals surface area (Å²) in [5.74, 6) is 0. The zero-order chi connectivity index (χ0) is 21.1. The summed E-state index contributed by atoms with van der Waals surface area (Å²) in [5, 5.41) is 2.47. The molecular formula is C23H16ClF3N2S. The number of hydrogen-bond acceptors (Lipinski definition) is 2. The maximum atomic E-state index is 13.2. The number of hydrogen-bond donors (Lipinski definition) is 0. The number of nitrogens with zero attached hydrogens (tertiary/aromatic N) is 2. The standard InChI is InChI=1S/C23H16ClF3N2S/c24-19-11-9-16(10-12-19)14-29-21(17-5-4-6-18(13-17)23(25,26)27)15-30-22(29)28-20-7-2-1-3-8-20/h1-13,15H,14H2. The highest BCUT2D eigenvalue weighted by molar-refractivity contribution is 7.07. The van der Waals surface area contributed by atoms with Crippen molar-refractivity contribution in [2.24, 2.45) is 4.99 Å². The van der Waals surface area contributed by atoms with Gasteiger partial charge in [-0.3, -0.25) is 0 Å². The fraction of sp³-hybridized carbons (Fsp3) is 0.0870. The van der Waals surface area contributed by atoms with Crippen LogP contribution in [0, 0.1) is 0 Å². The van der Waals surface area contributed by atoms with Crippen molar-refractivity contribution in [3.8, 4) is 11.3 Å². The van der Waals surface area contributed by atoms with Gasteiger partial charge in [0.05, 0.1) is 23.5 Å². The third kappa shape index (κ3) is 4.66. The van der Waals surface area contributed by atoms with Gasteiger partial charge in [0.25, 0.3) is 0 Å². The molecule has 0 aliphatic heterocycles. The van der Waals surface area contributed by atoms with Gasteiger partial charge in [0.2, 0.25) is 0 Å². The second-order valence-electron chi connectivity index (χ2n) is 6.64. The Balaban J connectivity index is 1.85. The van der Waals surface area contributed by atoms with E-state index in [1.165, 1.54) is 23.5 Å². The smallest absolute Gasteiger partial charge is 0.312 e. The Kier molecular flexibility index (Phi) is 5.79. The van der Waals surface area contributed by atoms with Crippen molar-refractivity contribution in [1.82, 2.24) is 4.57 Å². The van der Waals surface area contributed by atoms with E-state index in [1.807, 2.05) is 52.4 Å². The van der Waals surface area contributed by atoms with Crippen molar-refractivity contribution in [3.05, 3.63) is 105 Å². The summed E-state index contributed by atoms with van der Waals surface area (Å²) < 4.78 is 41.6. The largest absolute Gasteiger partial charge is 0.416 e. The lowest BCUT2D eigenvalue weighted by molar-refractivity contribution is -0.137. The second kappa shape index (κ2) is 8.50. The summed E-state index contributed by atoms with van der Waals surface area (Å²) in [7, 11) is 0. The van der Waals surface area contributed by atoms with Crippen LogP contribution in [0.25, 0.3) is 11.3 Å². The molecule has 0 unspecified atom stereocenters. The van der Waals surface area contributed by atoms with Crippen LogP contribution in [0.2, 0.25) is 5.02 Å². The second-order valence-corrected chi connectivity index (χ2v) is 7.92. The van der Waals surface area contributed by atoms with Gasteiger partial charge in [-0.25, -0.2) is 4.99 Å². The quantitative estimate of drug-likeness (QED) is 0.317. The maximum Gasteiger partial charge on any atom is 0.416 e. The van der Waals surface area contributed by atoms with Crippen LogP contribution in [-0.4, -0.2) is 4.57 Å². The average molecular weight is 445 g/mol. The summed E-state index contributed by atoms with van der Waals surface area (Å²) in [4.78, 5) is 5.40. The molecule has 0 radical (unpaired) electrons. The molecule has 152 valence electrons. The van der Waals surface area contributed by atoms with Crippen molar-refractivity contribution in [1.29, 1.82) is 0 Å². The summed E-state index contributed by atoms with van der Waals surface area (Å²) in [6.45, 7) is 0.456. The molecular weight excluding hydrogens is 429 g/mol. The number of halogens is 4. The van der Waals surface area contributed by atoms with Gasteiger partial charge in [0.1, 0.15) is 0 Å². The molecule has 30 heavy (non-hydrogen) atoms. The van der Waals surface area contributed by atoms with Crippen LogP contribution < -0.4 is 4.80 Å². The molecule has 2 nitrogen and oxygen atoms in total. The van der Waals surface area contributed by atoms with Gasteiger partial charge in [-0.05, 0) is 47.5 Å². The molecule has 1 aromatic heterocycles. The van der Waals surface area contributed by atoms with Gasteiger partial charge in [0.15, 0.2) is 4.80 Å². The van der Waals surface area contributed by atoms with E-state index in [-0.39, 0.29) is 0 Å². The number of benzene rings is 3. The molecule has 0 saturated heterocycles. The molecule has 0 N–H and O–H groups in total. The molecule has 4 rings (SSSR count). The highest BCUT2D eigenvalue weighted by atomic mass is 35.5. The van der Waals surface area contributed by atoms with E-state index in [2.05, 4.69) is 0 Å². The first kappa shape index (κ1) is 20.4. The van der Waals surface area contributed by atoms with Crippen LogP contribution in [0.4, 0.5) is 18.9 Å². The number of para-hydroxylation sites is 1. The molecule has 0 atom stereocenters. The Morgan fingerprint density at radius 1 is 0.900 bits per heavy atom. The molecule has 3 aromatic carbocycles. The first-order valence-corrected chi connectivity index (χ1v) is 10.4. The van der Waals surface area contributed by atoms with E-state index in [0.717, 1.165) is 17.3 Å². The Bertz CT molecular complexity index is 1210. The lowest BCUT2D eigenvalue weighted by Gasteiger charge is -2.12. The lowest BCUT2D eigenvalue weighted by Crippen LogP contribution is -2.17. The van der Waals surface area contributed by atoms with Crippen molar-refractivity contribution >= 4 is 28.6 Å². The number of rotatable bonds is 4. The molecule has 0 saturated carbocycles. The summed E-state index contributed by atoms with van der Waals surface area (Å²) in [6.07, 6.45) is -4.40. The van der Waals surface area contributed by atoms with Crippen LogP contribution in [-0.2, 0) is 12.7 Å². The van der Waals surface area contributed by atoms with Gasteiger partial charge < -0.3 is 4.57 Å². The molecule has 0 aliphatic rings. The minimum absolute atomic E-state index is 0.456. The van der Waals surface area contributed by atoms with Gasteiger partial charge in [-0.2, -0.15) is 13.2 Å². The minimum Gasteiger partial charge on any atom is -0.312 e. The number of alkyl halides is 3. The fourth-order valence-corrected chi connectivity index (χ4v) is 4.10. The van der Waals surface area contributed by atoms with Crippen LogP contribution >= 0.6 is 22.9 Å². The maximum absolute atomic E-state index is 13.2. The summed E-state index contributed by atoms with van der Waals surface area (Å²) in [6, 6.07) is 22.2. The molecule has 0 bridgehead atoms. The van der Waals surface area contributed by atoms with E-state index in [4.69, 9.17) is 16.6 Å². The number of thiazole rings is 1. The molecule has 7 heteroatoms. The minimum atomic E-state index is -4.40. The van der Waals surface area contributed by atoms with E-state index in [1.54, 1.807) is 18.2 Å². The first-order chi connectivity index (χ1) is 14.4. The van der Waals surface area contributed by atoms with Crippen molar-refractivity contribution in [2.75, 3.05) is 0 Å². The number of aromatic nitrogens is 1. The molecule has 1 heterocycles. The highest BCUT2D eigenvalue weighted by Crippen LogP contribution is 2.32. The van der Waals surface area contributed by atoms with Gasteiger partial charge in [-0.1, -0.05) is 54.1 Å². The predicted octanol–water partition coefficient (Wildman–Crippen LogP) is 7.17. The SMILES string of the molecule is FC(F)(F)c1cccc(-c2csc(=Nc3ccccc3)n2Cc2ccc(Cl)cc2)c1. The van der Waals surface area contributed by atoms with Gasteiger partial charge in [-0.15, -0.1) is 11.3 Å². The molecule has 0 spiro atoms. The van der Waals surface area contributed by atoms with E-state index in [9.17, 15) is 13.2 Å². The Hall–Kier alpha value is -2.83. The third-order valence-corrected chi connectivity index (χ3v) is 5.63. The Labute approximate surface area is 180 Å². The predicted molar refractivity (Wildman–Crippen MR) is 115 cm³/mol. The van der Waals surface area contributed by atoms with E-state index < -0.39 is 11.7 Å². The Morgan fingerprint density at radius 3 is 2.33 bits per heavy atom. The Morgan fingerprint density at radius 2 is 1.63 bits per heavy atom. The highest BCUT2D eigenvalue weighted by Gasteiger charge is 2.30. The van der Waals surface area contributed by atoms with Crippen LogP contribution in [0.15, 0.2) is 89.2 Å². The topological polar surface area (TPSA) is 17.3 Å². The monoisotopic (exact) mass is 444 g/mol. The van der Waals surface area contributed by atoms with E-state index >= 15 is 0 Å². The van der Waals surface area contributed by atoms with Crippen molar-refractivity contribution in [3.63, 3.8) is 0 Å². The fourth-order valence-electron chi connectivity index (χ4n) is 3.04. The van der Waals surface area contributed by atoms with Crippen LogP contribution in [0.5, 0.6) is 0 Å². The van der Waals surface area contributed by atoms with Gasteiger partial charge in [0, 0.05) is 10.4 Å². The third-order valence-electron chi connectivity index (χ3n) is 4.52. The summed E-state index contributed by atoms with van der Waals surface area (Å²) in [5.41, 5.74) is 2.24. The molecule has 4 aromatic rings. The molecule has 0 aliphatic carbocycles. The average Bonchev–Trinajstić information content (AvgIpc) is 3.12. The van der Waals surface area contributed by atoms with Crippen LogP contribution in [0.3, 0.4) is 0 Å². The van der Waals surface area contributed by atoms with Crippen molar-refractivity contribution < 1.29 is 13.2 Å². The summed E-state index contributed by atoms with van der Waals surface area (Å²) >= 11 is 7.38. The normalized spacial score (nSPS) is 12.3. The van der Waals surface area contributed by atoms with Crippen molar-refractivity contribution in [2.45, 2.75) is 12.7 Å². The zero-order valence-corrected chi connectivity index (χ0v) is 17.2.